The second-order valence-corrected chi connectivity index (χ2v) is 33.8. The zero-order valence-electron chi connectivity index (χ0n) is 69.2. The number of nitrogens with zero attached hydrogens (tertiary/aromatic N) is 1. The summed E-state index contributed by atoms with van der Waals surface area (Å²) in [5.74, 6) is 3.60. The molecule has 2 aliphatic heterocycles. The zero-order valence-corrected chi connectivity index (χ0v) is 69.9. The van der Waals surface area contributed by atoms with E-state index in [0.29, 0.717) is 0 Å². The Morgan fingerprint density at radius 2 is 0.469 bits per heavy atom. The van der Waals surface area contributed by atoms with Crippen LogP contribution < -0.4 is 19.7 Å². The number of anilines is 5. The highest BCUT2D eigenvalue weighted by Gasteiger charge is 2.53. The summed E-state index contributed by atoms with van der Waals surface area (Å²) in [5, 5.41) is 19.3. The van der Waals surface area contributed by atoms with Gasteiger partial charge in [-0.15, -0.1) is 0 Å². The summed E-state index contributed by atoms with van der Waals surface area (Å²) in [7, 11) is 0. The molecule has 0 bridgehead atoms. The third kappa shape index (κ3) is 12.6. The molecule has 4 nitrogen and oxygen atoms in total. The number of nitrogens with one attached hydrogen (secondary N) is 1. The van der Waals surface area contributed by atoms with Crippen molar-refractivity contribution in [1.29, 1.82) is 0 Å². The van der Waals surface area contributed by atoms with Crippen molar-refractivity contribution in [2.24, 2.45) is 0 Å². The Bertz CT molecular complexity index is 7780. The molecule has 0 amide bonds. The van der Waals surface area contributed by atoms with Crippen molar-refractivity contribution >= 4 is 105 Å². The Morgan fingerprint density at radius 3 is 0.820 bits per heavy atom. The molecule has 26 rings (SSSR count). The van der Waals surface area contributed by atoms with Gasteiger partial charge in [-0.25, -0.2) is 0 Å². The minimum atomic E-state index is -0.566. The molecule has 0 aromatic heterocycles. The molecule has 2 heterocycles. The highest BCUT2D eigenvalue weighted by Crippen LogP contribution is 2.66. The molecule has 2 spiro atoms. The lowest BCUT2D eigenvalue weighted by atomic mass is 9.66. The molecule has 22 aromatic rings. The van der Waals surface area contributed by atoms with Gasteiger partial charge < -0.3 is 19.7 Å². The molecule has 22 aromatic carbocycles. The van der Waals surface area contributed by atoms with Crippen molar-refractivity contribution in [2.75, 3.05) is 10.2 Å². The summed E-state index contributed by atoms with van der Waals surface area (Å²) in [6.07, 6.45) is 0. The molecular formula is C123H83ClN2O2. The molecule has 1 N–H and O–H groups in total. The molecule has 604 valence electrons. The first-order chi connectivity index (χ1) is 62.9. The Hall–Kier alpha value is -16.1. The fourth-order valence-electron chi connectivity index (χ4n) is 21.0. The molecule has 0 atom stereocenters. The van der Waals surface area contributed by atoms with Crippen molar-refractivity contribution in [2.45, 2.75) is 18.3 Å². The van der Waals surface area contributed by atoms with Crippen LogP contribution in [0.2, 0.25) is 5.02 Å². The van der Waals surface area contributed by atoms with Gasteiger partial charge in [0.15, 0.2) is 0 Å². The number of hydrogen-bond donors (Lipinski definition) is 1. The highest BCUT2D eigenvalue weighted by molar-refractivity contribution is 6.31. The second kappa shape index (κ2) is 31.6. The maximum Gasteiger partial charge on any atom is 0.132 e. The molecule has 0 unspecified atom stereocenters. The van der Waals surface area contributed by atoms with Crippen LogP contribution in [0.15, 0.2) is 473 Å². The van der Waals surface area contributed by atoms with Crippen LogP contribution >= 0.6 is 11.6 Å². The van der Waals surface area contributed by atoms with Crippen molar-refractivity contribution in [1.82, 2.24) is 0 Å². The second-order valence-electron chi connectivity index (χ2n) is 33.3. The maximum atomic E-state index is 6.68. The SMILES string of the molecule is C.Clc1ccc2c(c1)-c1c(ccc3ccccc13)C21c2ccccc2Oc2ccccc21.c1ccc2c(-c3ccc(Nc4ccc(-c5cccc6ccccc56)cc4)cc3)cccc2c1.c1ccc2c(c1)Oc1ccccc1C21c2ccc(N(c3ccc(-c4cccc5ccccc45)cc3)c3ccc(-c4cccc5ccccc45)cc3)cc2-c2c1ccc1ccccc21. The number of ether oxygens (including phenoxy) is 2. The quantitative estimate of drug-likeness (QED) is 0.156. The fourth-order valence-corrected chi connectivity index (χ4v) is 21.2. The van der Waals surface area contributed by atoms with E-state index in [-0.39, 0.29) is 7.43 Å². The Labute approximate surface area is 749 Å². The number of halogens is 1. The number of para-hydroxylation sites is 4. The van der Waals surface area contributed by atoms with E-state index in [4.69, 9.17) is 21.1 Å². The van der Waals surface area contributed by atoms with Gasteiger partial charge in [0.05, 0.1) is 10.8 Å². The average molecular weight is 1660 g/mol. The van der Waals surface area contributed by atoms with Gasteiger partial charge in [0.25, 0.3) is 0 Å². The van der Waals surface area contributed by atoms with E-state index < -0.39 is 10.8 Å². The van der Waals surface area contributed by atoms with Gasteiger partial charge in [-0.05, 0) is 251 Å². The Balaban J connectivity index is 0.000000121. The van der Waals surface area contributed by atoms with Crippen molar-refractivity contribution < 1.29 is 9.47 Å². The van der Waals surface area contributed by atoms with E-state index >= 15 is 0 Å². The first kappa shape index (κ1) is 76.8. The van der Waals surface area contributed by atoms with Crippen LogP contribution in [0.4, 0.5) is 28.4 Å². The van der Waals surface area contributed by atoms with Gasteiger partial charge in [-0.1, -0.05) is 395 Å². The van der Waals surface area contributed by atoms with Gasteiger partial charge in [0.1, 0.15) is 23.0 Å². The molecule has 4 aliphatic rings. The lowest BCUT2D eigenvalue weighted by Gasteiger charge is -2.39. The molecule has 128 heavy (non-hydrogen) atoms. The van der Waals surface area contributed by atoms with Gasteiger partial charge in [-0.3, -0.25) is 0 Å². The molecular weight excluding hydrogens is 1570 g/mol. The topological polar surface area (TPSA) is 33.7 Å². The minimum absolute atomic E-state index is 0. The summed E-state index contributed by atoms with van der Waals surface area (Å²) in [5.41, 5.74) is 29.0. The molecule has 2 aliphatic carbocycles. The van der Waals surface area contributed by atoms with Crippen LogP contribution in [0.1, 0.15) is 51.9 Å². The monoisotopic (exact) mass is 1650 g/mol. The molecule has 5 heteroatoms. The van der Waals surface area contributed by atoms with Gasteiger partial charge in [-0.2, -0.15) is 0 Å². The van der Waals surface area contributed by atoms with Gasteiger partial charge in [0, 0.05) is 55.7 Å². The normalized spacial score (nSPS) is 12.8. The zero-order chi connectivity index (χ0) is 84.1. The summed E-state index contributed by atoms with van der Waals surface area (Å²) in [6.45, 7) is 0. The van der Waals surface area contributed by atoms with E-state index in [1.165, 1.54) is 165 Å². The lowest BCUT2D eigenvalue weighted by Crippen LogP contribution is -2.32. The summed E-state index contributed by atoms with van der Waals surface area (Å²) < 4.78 is 13.1. The van der Waals surface area contributed by atoms with Crippen LogP contribution in [0.3, 0.4) is 0 Å². The minimum Gasteiger partial charge on any atom is -0.457 e. The largest absolute Gasteiger partial charge is 0.457 e. The molecule has 0 radical (unpaired) electrons. The van der Waals surface area contributed by atoms with Gasteiger partial charge in [0.2, 0.25) is 0 Å². The van der Waals surface area contributed by atoms with E-state index in [0.717, 1.165) is 67.6 Å². The predicted molar refractivity (Wildman–Crippen MR) is 537 cm³/mol. The number of fused-ring (bicyclic) bond motifs is 26. The summed E-state index contributed by atoms with van der Waals surface area (Å²) >= 11 is 6.54. The van der Waals surface area contributed by atoms with E-state index in [9.17, 15) is 0 Å². The Morgan fingerprint density at radius 1 is 0.203 bits per heavy atom. The van der Waals surface area contributed by atoms with Crippen molar-refractivity contribution in [3.63, 3.8) is 0 Å². The number of rotatable bonds is 9. The first-order valence-corrected chi connectivity index (χ1v) is 43.9. The van der Waals surface area contributed by atoms with E-state index in [1.54, 1.807) is 0 Å². The van der Waals surface area contributed by atoms with Crippen molar-refractivity contribution in [3.05, 3.63) is 523 Å². The van der Waals surface area contributed by atoms with Crippen LogP contribution in [0.5, 0.6) is 23.0 Å². The average Bonchev–Trinajstić information content (AvgIpc) is 1.51. The third-order valence-electron chi connectivity index (χ3n) is 26.6. The third-order valence-corrected chi connectivity index (χ3v) is 26.8. The smallest absolute Gasteiger partial charge is 0.132 e. The first-order valence-electron chi connectivity index (χ1n) is 43.5. The fraction of sp³-hybridized carbons (Fsp3) is 0.0244. The Kier molecular flexibility index (Phi) is 18.9. The van der Waals surface area contributed by atoms with Crippen LogP contribution in [-0.2, 0) is 10.8 Å². The standard InChI is InChI=1S/C61H39NO.C32H23N.C29H17ClO.CH4/c1-4-18-48-40(13-1)16-11-21-50(48)43-27-32-45(33-28-43)62(46-34-29-44(30-35-46)51-22-12-17-41-14-2-5-19-49(41)51)47-36-38-54-53(39-47)60-52-20-6-3-15-42(52)31-37-57(60)61(54)55-23-7-9-25-58(55)63-59-26-10-8-24-56(59)61;1-3-11-29-23(7-1)9-5-13-31(29)25-15-19-27(20-16-25)33-28-21-17-26(18-22-28)32-14-6-10-24-8-2-4-12-30(24)32;30-19-14-16-22-21(17-19)28-20-8-2-1-7-18(20)13-15-25(28)29(22)23-9-3-5-11-26(23)31-27-12-6-4-10-24(27)29;/h1-39H;1-22,33H;1-17H;1H4. The predicted octanol–water partition coefficient (Wildman–Crippen LogP) is 34.1. The highest BCUT2D eigenvalue weighted by atomic mass is 35.5. The molecule has 0 fully saturated rings. The van der Waals surface area contributed by atoms with Gasteiger partial charge >= 0.3 is 0 Å². The number of benzene rings is 22. The molecule has 0 saturated carbocycles. The van der Waals surface area contributed by atoms with Crippen LogP contribution in [-0.4, -0.2) is 0 Å². The summed E-state index contributed by atoms with van der Waals surface area (Å²) in [6, 6.07) is 170. The maximum absolute atomic E-state index is 6.68. The molecule has 0 saturated heterocycles. The number of hydrogen-bond acceptors (Lipinski definition) is 4. The van der Waals surface area contributed by atoms with E-state index in [1.807, 2.05) is 18.2 Å². The van der Waals surface area contributed by atoms with Crippen molar-refractivity contribution in [3.8, 4) is 89.8 Å². The van der Waals surface area contributed by atoms with Crippen LogP contribution in [0, 0.1) is 0 Å². The van der Waals surface area contributed by atoms with E-state index in [2.05, 4.69) is 465 Å². The van der Waals surface area contributed by atoms with Crippen LogP contribution in [0.25, 0.3) is 131 Å². The lowest BCUT2D eigenvalue weighted by molar-refractivity contribution is 0.436. The summed E-state index contributed by atoms with van der Waals surface area (Å²) in [4.78, 5) is 2.42.